The molecular weight excluding hydrogens is 362 g/mol. The predicted molar refractivity (Wildman–Crippen MR) is 105 cm³/mol. The number of likely N-dealkylation sites (N-methyl/N-ethyl adjacent to an activating group) is 1. The van der Waals surface area contributed by atoms with Gasteiger partial charge in [0.25, 0.3) is 0 Å². The van der Waals surface area contributed by atoms with Crippen LogP contribution >= 0.6 is 0 Å². The van der Waals surface area contributed by atoms with E-state index in [2.05, 4.69) is 0 Å². The molecule has 0 fully saturated rings. The molecule has 1 amide bonds. The van der Waals surface area contributed by atoms with E-state index in [-0.39, 0.29) is 17.6 Å². The van der Waals surface area contributed by atoms with Crippen molar-refractivity contribution in [3.8, 4) is 5.75 Å². The molecule has 1 unspecified atom stereocenters. The largest absolute Gasteiger partial charge is 0.444 e. The van der Waals surface area contributed by atoms with E-state index in [1.807, 2.05) is 20.8 Å². The van der Waals surface area contributed by atoms with Crippen molar-refractivity contribution in [1.82, 2.24) is 4.90 Å². The molecule has 0 aliphatic heterocycles. The van der Waals surface area contributed by atoms with E-state index < -0.39 is 23.7 Å². The minimum atomic E-state index is -0.703. The molecule has 1 atom stereocenters. The number of carbonyl (C=O) groups excluding carboxylic acids is 3. The van der Waals surface area contributed by atoms with Crippen molar-refractivity contribution in [3.05, 3.63) is 29.8 Å². The van der Waals surface area contributed by atoms with Crippen LogP contribution in [-0.2, 0) is 14.4 Å². The highest BCUT2D eigenvalue weighted by Gasteiger charge is 2.27. The van der Waals surface area contributed by atoms with E-state index >= 15 is 0 Å². The summed E-state index contributed by atoms with van der Waals surface area (Å²) in [6.07, 6.45) is -0.350. The number of ketones is 1. The number of rotatable bonds is 6. The number of hydrogen-bond donors (Lipinski definition) is 0. The van der Waals surface area contributed by atoms with E-state index in [0.717, 1.165) is 0 Å². The van der Waals surface area contributed by atoms with E-state index in [1.165, 1.54) is 24.1 Å². The maximum atomic E-state index is 12.6. The van der Waals surface area contributed by atoms with Crippen molar-refractivity contribution in [2.45, 2.75) is 66.5 Å². The fourth-order valence-corrected chi connectivity index (χ4v) is 2.14. The highest BCUT2D eigenvalue weighted by molar-refractivity contribution is 6.01. The number of carbonyl (C=O) groups is 3. The monoisotopic (exact) mass is 393 g/mol. The van der Waals surface area contributed by atoms with E-state index in [1.54, 1.807) is 39.8 Å². The Balaban J connectivity index is 2.68. The van der Waals surface area contributed by atoms with Gasteiger partial charge < -0.3 is 9.64 Å². The lowest BCUT2D eigenvalue weighted by atomic mass is 9.93. The zero-order valence-corrected chi connectivity index (χ0v) is 18.0. The Labute approximate surface area is 166 Å². The van der Waals surface area contributed by atoms with Gasteiger partial charge in [-0.1, -0.05) is 20.8 Å². The van der Waals surface area contributed by atoms with Crippen molar-refractivity contribution in [3.63, 3.8) is 0 Å². The van der Waals surface area contributed by atoms with Gasteiger partial charge >= 0.3 is 12.1 Å². The third-order valence-electron chi connectivity index (χ3n) is 3.69. The summed E-state index contributed by atoms with van der Waals surface area (Å²) < 4.78 is 5.28. The van der Waals surface area contributed by atoms with Crippen LogP contribution in [-0.4, -0.2) is 41.4 Å². The number of ether oxygens (including phenoxy) is 1. The Kier molecular flexibility index (Phi) is 7.61. The fraction of sp³-hybridized carbons (Fsp3) is 0.571. The number of hydrogen-bond acceptors (Lipinski definition) is 6. The zero-order chi connectivity index (χ0) is 21.7. The van der Waals surface area contributed by atoms with Crippen LogP contribution in [0.1, 0.15) is 65.2 Å². The number of Topliss-reactive ketones (excluding diaryl/α,β-unsaturated/α-hetero) is 1. The molecule has 0 aromatic heterocycles. The molecular formula is C21H31NO6. The Bertz CT molecular complexity index is 697. The summed E-state index contributed by atoms with van der Waals surface area (Å²) in [5.41, 5.74) is -0.443. The van der Waals surface area contributed by atoms with Gasteiger partial charge in [0.2, 0.25) is 0 Å². The van der Waals surface area contributed by atoms with E-state index in [0.29, 0.717) is 11.3 Å². The van der Waals surface area contributed by atoms with Gasteiger partial charge in [0.1, 0.15) is 5.60 Å². The smallest absolute Gasteiger partial charge is 0.410 e. The van der Waals surface area contributed by atoms with Gasteiger partial charge in [0, 0.05) is 12.6 Å². The van der Waals surface area contributed by atoms with Gasteiger partial charge in [-0.2, -0.15) is 0 Å². The van der Waals surface area contributed by atoms with Crippen LogP contribution in [0.3, 0.4) is 0 Å². The van der Waals surface area contributed by atoms with Gasteiger partial charge in [-0.05, 0) is 57.4 Å². The molecule has 0 saturated heterocycles. The van der Waals surface area contributed by atoms with Crippen LogP contribution in [0.25, 0.3) is 0 Å². The third-order valence-corrected chi connectivity index (χ3v) is 3.69. The highest BCUT2D eigenvalue weighted by atomic mass is 17.2. The second-order valence-corrected chi connectivity index (χ2v) is 8.93. The summed E-state index contributed by atoms with van der Waals surface area (Å²) in [4.78, 5) is 47.5. The summed E-state index contributed by atoms with van der Waals surface area (Å²) in [5, 5.41) is 0. The highest BCUT2D eigenvalue weighted by Crippen LogP contribution is 2.20. The molecule has 0 N–H and O–H groups in total. The van der Waals surface area contributed by atoms with Crippen LogP contribution < -0.4 is 4.89 Å². The van der Waals surface area contributed by atoms with Crippen molar-refractivity contribution in [2.24, 2.45) is 5.41 Å². The quantitative estimate of drug-likeness (QED) is 0.405. The second kappa shape index (κ2) is 9.08. The van der Waals surface area contributed by atoms with Crippen molar-refractivity contribution >= 4 is 17.8 Å². The van der Waals surface area contributed by atoms with Gasteiger partial charge in [-0.3, -0.25) is 14.6 Å². The lowest BCUT2D eigenvalue weighted by molar-refractivity contribution is -0.215. The standard InChI is InChI=1S/C21H31NO6/c1-14(22(8)19(25)26-21(5,6)7)18(24)15-9-11-16(12-10-15)27-28-17(23)13-20(2,3)4/h9-12,14H,13H2,1-8H3. The molecule has 0 spiro atoms. The maximum absolute atomic E-state index is 12.6. The maximum Gasteiger partial charge on any atom is 0.410 e. The minimum absolute atomic E-state index is 0.201. The zero-order valence-electron chi connectivity index (χ0n) is 18.0. The van der Waals surface area contributed by atoms with Gasteiger partial charge in [0.15, 0.2) is 11.5 Å². The Hall–Kier alpha value is -2.57. The van der Waals surface area contributed by atoms with Gasteiger partial charge in [-0.25, -0.2) is 9.59 Å². The molecule has 7 heteroatoms. The fourth-order valence-electron chi connectivity index (χ4n) is 2.14. The van der Waals surface area contributed by atoms with Crippen LogP contribution in [0.5, 0.6) is 5.75 Å². The summed E-state index contributed by atoms with van der Waals surface area (Å²) in [6.45, 7) is 12.7. The van der Waals surface area contributed by atoms with E-state index in [9.17, 15) is 14.4 Å². The number of nitrogens with zero attached hydrogens (tertiary/aromatic N) is 1. The molecule has 7 nitrogen and oxygen atoms in total. The lowest BCUT2D eigenvalue weighted by Gasteiger charge is -2.28. The normalized spacial score (nSPS) is 12.7. The Morgan fingerprint density at radius 3 is 2.00 bits per heavy atom. The summed E-state index contributed by atoms with van der Waals surface area (Å²) in [5.74, 6) is -0.420. The van der Waals surface area contributed by atoms with Gasteiger partial charge in [0.05, 0.1) is 12.5 Å². The molecule has 1 rings (SSSR count). The van der Waals surface area contributed by atoms with Crippen molar-refractivity contribution < 1.29 is 28.9 Å². The number of benzene rings is 1. The summed E-state index contributed by atoms with van der Waals surface area (Å²) >= 11 is 0. The Morgan fingerprint density at radius 2 is 1.54 bits per heavy atom. The van der Waals surface area contributed by atoms with Crippen LogP contribution in [0.4, 0.5) is 4.79 Å². The van der Waals surface area contributed by atoms with Crippen molar-refractivity contribution in [2.75, 3.05) is 7.05 Å². The summed E-state index contributed by atoms with van der Waals surface area (Å²) in [7, 11) is 1.52. The molecule has 0 saturated carbocycles. The van der Waals surface area contributed by atoms with Crippen LogP contribution in [0.15, 0.2) is 24.3 Å². The third kappa shape index (κ3) is 7.98. The molecule has 28 heavy (non-hydrogen) atoms. The second-order valence-electron chi connectivity index (χ2n) is 8.93. The van der Waals surface area contributed by atoms with Crippen molar-refractivity contribution in [1.29, 1.82) is 0 Å². The number of amides is 1. The average Bonchev–Trinajstić information content (AvgIpc) is 2.55. The first-order chi connectivity index (χ1) is 12.7. The van der Waals surface area contributed by atoms with Crippen LogP contribution in [0, 0.1) is 5.41 Å². The molecule has 156 valence electrons. The first-order valence-corrected chi connectivity index (χ1v) is 9.17. The lowest BCUT2D eigenvalue weighted by Crippen LogP contribution is -2.43. The molecule has 1 aromatic carbocycles. The Morgan fingerprint density at radius 1 is 1.00 bits per heavy atom. The first kappa shape index (κ1) is 23.5. The molecule has 1 aromatic rings. The molecule has 0 aliphatic carbocycles. The first-order valence-electron chi connectivity index (χ1n) is 9.17. The topological polar surface area (TPSA) is 82.1 Å². The summed E-state index contributed by atoms with van der Waals surface area (Å²) in [6, 6.07) is 5.45. The average molecular weight is 393 g/mol. The molecule has 0 radical (unpaired) electrons. The molecule has 0 bridgehead atoms. The van der Waals surface area contributed by atoms with Gasteiger partial charge in [-0.15, -0.1) is 0 Å². The van der Waals surface area contributed by atoms with Crippen LogP contribution in [0.2, 0.25) is 0 Å². The minimum Gasteiger partial charge on any atom is -0.444 e. The molecule has 0 aliphatic rings. The SMILES string of the molecule is CC(C(=O)c1ccc(OOC(=O)CC(C)(C)C)cc1)N(C)C(=O)OC(C)(C)C. The molecule has 0 heterocycles. The van der Waals surface area contributed by atoms with E-state index in [4.69, 9.17) is 14.5 Å². The predicted octanol–water partition coefficient (Wildman–Crippen LogP) is 4.40.